The topological polar surface area (TPSA) is 133 Å². The molecule has 1 fully saturated rings. The summed E-state index contributed by atoms with van der Waals surface area (Å²) in [6, 6.07) is -0.852. The zero-order valence-corrected chi connectivity index (χ0v) is 8.20. The minimum atomic E-state index is -0.852. The molecular weight excluding hydrogens is 170 g/mol. The smallest absolute Gasteiger partial charge is 0.343 e. The van der Waals surface area contributed by atoms with Gasteiger partial charge in [0.25, 0.3) is 0 Å². The second kappa shape index (κ2) is 7.78. The third-order valence-electron chi connectivity index (χ3n) is 1.65. The second-order valence-electron chi connectivity index (χ2n) is 2.98. The lowest BCUT2D eigenvalue weighted by Crippen LogP contribution is -2.46. The molecule has 0 unspecified atom stereocenters. The van der Waals surface area contributed by atoms with Crippen molar-refractivity contribution < 1.29 is 4.79 Å². The van der Waals surface area contributed by atoms with Crippen LogP contribution in [0.2, 0.25) is 0 Å². The Morgan fingerprint density at radius 2 is 1.85 bits per heavy atom. The van der Waals surface area contributed by atoms with Gasteiger partial charge in [0, 0.05) is 0 Å². The maximum atomic E-state index is 9.60. The van der Waals surface area contributed by atoms with Gasteiger partial charge in [-0.15, -0.1) is 0 Å². The molecule has 0 saturated heterocycles. The number of urea groups is 1. The third kappa shape index (κ3) is 11.1. The van der Waals surface area contributed by atoms with E-state index >= 15 is 0 Å². The number of nitrogens with two attached hydrogens (primary N) is 3. The van der Waals surface area contributed by atoms with E-state index in [4.69, 9.17) is 0 Å². The number of carbonyl (C=O) groups excluding carboxylic acids is 1. The van der Waals surface area contributed by atoms with Crippen molar-refractivity contribution >= 4 is 6.03 Å². The van der Waals surface area contributed by atoms with Crippen molar-refractivity contribution in [1.29, 1.82) is 0 Å². The standard InChI is InChI=1S/C6H12.CH6N4O.H3N/c1-2-3-6-4-5-6;2-1(6)5(3)4;/h6H,2-5H2,1H3;3-4H2,(H2,2,6);1H3. The summed E-state index contributed by atoms with van der Waals surface area (Å²) in [6.45, 7) is 2.26. The van der Waals surface area contributed by atoms with Gasteiger partial charge in [-0.2, -0.15) is 5.12 Å². The highest BCUT2D eigenvalue weighted by Gasteiger charge is 2.18. The molecule has 1 aliphatic rings. The average Bonchev–Trinajstić information content (AvgIpc) is 2.73. The number of carbonyl (C=O) groups is 1. The normalized spacial score (nSPS) is 13.5. The molecule has 0 aliphatic heterocycles. The maximum Gasteiger partial charge on any atom is 0.343 e. The van der Waals surface area contributed by atoms with E-state index in [1.807, 2.05) is 0 Å². The highest BCUT2D eigenvalue weighted by atomic mass is 16.2. The van der Waals surface area contributed by atoms with Gasteiger partial charge in [0.1, 0.15) is 0 Å². The first-order valence-electron chi connectivity index (χ1n) is 4.16. The number of amides is 2. The molecule has 13 heavy (non-hydrogen) atoms. The molecule has 2 amide bonds. The molecule has 0 heterocycles. The van der Waals surface area contributed by atoms with Crippen LogP contribution in [0.5, 0.6) is 0 Å². The predicted octanol–water partition coefficient (Wildman–Crippen LogP) is 0.473. The summed E-state index contributed by atoms with van der Waals surface area (Å²) in [7, 11) is 0. The molecule has 9 N–H and O–H groups in total. The fourth-order valence-corrected chi connectivity index (χ4v) is 0.815. The lowest BCUT2D eigenvalue weighted by Gasteiger charge is -2.00. The van der Waals surface area contributed by atoms with Crippen molar-refractivity contribution in [2.75, 3.05) is 0 Å². The van der Waals surface area contributed by atoms with Gasteiger partial charge in [-0.25, -0.2) is 16.5 Å². The fourth-order valence-electron chi connectivity index (χ4n) is 0.815. The zero-order valence-electron chi connectivity index (χ0n) is 8.20. The first-order chi connectivity index (χ1) is 5.57. The van der Waals surface area contributed by atoms with E-state index in [9.17, 15) is 4.79 Å². The van der Waals surface area contributed by atoms with E-state index in [-0.39, 0.29) is 6.15 Å². The molecule has 1 saturated carbocycles. The number of primary amides is 1. The van der Waals surface area contributed by atoms with Gasteiger partial charge in [-0.1, -0.05) is 32.6 Å². The molecule has 1 aliphatic carbocycles. The zero-order chi connectivity index (χ0) is 9.56. The summed E-state index contributed by atoms with van der Waals surface area (Å²) in [4.78, 5) is 9.60. The minimum Gasteiger partial charge on any atom is -0.349 e. The average molecular weight is 191 g/mol. The van der Waals surface area contributed by atoms with Gasteiger partial charge in [0.15, 0.2) is 0 Å². The Bertz CT molecular complexity index is 135. The summed E-state index contributed by atoms with van der Waals surface area (Å²) >= 11 is 0. The van der Waals surface area contributed by atoms with Crippen molar-refractivity contribution in [1.82, 2.24) is 11.3 Å². The molecule has 6 heteroatoms. The van der Waals surface area contributed by atoms with Crippen LogP contribution in [0.3, 0.4) is 0 Å². The van der Waals surface area contributed by atoms with Crippen molar-refractivity contribution in [3.05, 3.63) is 0 Å². The first kappa shape index (κ1) is 14.7. The molecule has 1 rings (SSSR count). The maximum absolute atomic E-state index is 9.60. The van der Waals surface area contributed by atoms with Gasteiger partial charge in [0.05, 0.1) is 0 Å². The summed E-state index contributed by atoms with van der Waals surface area (Å²) in [5, 5.41) is 0.306. The Labute approximate surface area is 78.9 Å². The molecule has 0 radical (unpaired) electrons. The van der Waals surface area contributed by atoms with E-state index in [0.717, 1.165) is 5.92 Å². The quantitative estimate of drug-likeness (QED) is 0.287. The van der Waals surface area contributed by atoms with Crippen LogP contribution in [0.25, 0.3) is 0 Å². The second-order valence-corrected chi connectivity index (χ2v) is 2.98. The summed E-state index contributed by atoms with van der Waals surface area (Å²) in [6.07, 6.45) is 5.92. The van der Waals surface area contributed by atoms with E-state index in [1.54, 1.807) is 0 Å². The fraction of sp³-hybridized carbons (Fsp3) is 0.857. The number of hydrazine groups is 2. The van der Waals surface area contributed by atoms with Crippen LogP contribution in [0.4, 0.5) is 4.79 Å². The number of hydrogen-bond donors (Lipinski definition) is 4. The molecule has 0 spiro atoms. The number of hydrogen-bond acceptors (Lipinski definition) is 4. The van der Waals surface area contributed by atoms with Crippen LogP contribution >= 0.6 is 0 Å². The van der Waals surface area contributed by atoms with Crippen LogP contribution in [-0.2, 0) is 0 Å². The summed E-state index contributed by atoms with van der Waals surface area (Å²) in [5.74, 6) is 10.3. The van der Waals surface area contributed by atoms with Gasteiger partial charge in [0.2, 0.25) is 0 Å². The Morgan fingerprint density at radius 1 is 1.46 bits per heavy atom. The van der Waals surface area contributed by atoms with E-state index in [0.29, 0.717) is 5.12 Å². The SMILES string of the molecule is CCCC1CC1.N.NC(=O)N(N)N. The Hall–Kier alpha value is -0.850. The van der Waals surface area contributed by atoms with Crippen LogP contribution in [0.15, 0.2) is 0 Å². The van der Waals surface area contributed by atoms with Gasteiger partial charge < -0.3 is 11.9 Å². The Morgan fingerprint density at radius 3 is 1.92 bits per heavy atom. The highest BCUT2D eigenvalue weighted by molar-refractivity contribution is 5.70. The van der Waals surface area contributed by atoms with Crippen LogP contribution in [0, 0.1) is 5.92 Å². The molecule has 0 aromatic rings. The Kier molecular flexibility index (Phi) is 8.78. The van der Waals surface area contributed by atoms with E-state index in [2.05, 4.69) is 24.3 Å². The molecular formula is C7H21N5O. The van der Waals surface area contributed by atoms with Gasteiger partial charge in [-0.3, -0.25) is 0 Å². The van der Waals surface area contributed by atoms with E-state index in [1.165, 1.54) is 25.7 Å². The van der Waals surface area contributed by atoms with Gasteiger partial charge >= 0.3 is 6.03 Å². The monoisotopic (exact) mass is 191 g/mol. The summed E-state index contributed by atoms with van der Waals surface area (Å²) in [5.41, 5.74) is 4.47. The minimum absolute atomic E-state index is 0. The van der Waals surface area contributed by atoms with Crippen molar-refractivity contribution in [2.24, 2.45) is 23.3 Å². The number of rotatable bonds is 2. The van der Waals surface area contributed by atoms with Crippen molar-refractivity contribution in [3.63, 3.8) is 0 Å². The first-order valence-corrected chi connectivity index (χ1v) is 4.16. The van der Waals surface area contributed by atoms with E-state index < -0.39 is 6.03 Å². The highest BCUT2D eigenvalue weighted by Crippen LogP contribution is 2.32. The lowest BCUT2D eigenvalue weighted by atomic mass is 10.2. The lowest BCUT2D eigenvalue weighted by molar-refractivity contribution is 0.210. The van der Waals surface area contributed by atoms with Crippen LogP contribution < -0.4 is 23.6 Å². The molecule has 0 aromatic carbocycles. The van der Waals surface area contributed by atoms with Crippen LogP contribution in [-0.4, -0.2) is 11.1 Å². The largest absolute Gasteiger partial charge is 0.349 e. The molecule has 0 atom stereocenters. The molecule has 0 aromatic heterocycles. The molecule has 6 nitrogen and oxygen atoms in total. The van der Waals surface area contributed by atoms with Crippen molar-refractivity contribution in [3.8, 4) is 0 Å². The van der Waals surface area contributed by atoms with Crippen molar-refractivity contribution in [2.45, 2.75) is 32.6 Å². The molecule has 0 bridgehead atoms. The number of nitrogens with zero attached hydrogens (tertiary/aromatic N) is 1. The summed E-state index contributed by atoms with van der Waals surface area (Å²) < 4.78 is 0. The molecule has 80 valence electrons. The third-order valence-corrected chi connectivity index (χ3v) is 1.65. The van der Waals surface area contributed by atoms with Crippen LogP contribution in [0.1, 0.15) is 32.6 Å². The van der Waals surface area contributed by atoms with Gasteiger partial charge in [-0.05, 0) is 5.92 Å². The Balaban J connectivity index is 0. The predicted molar refractivity (Wildman–Crippen MR) is 52.5 cm³/mol.